The molecule has 0 saturated carbocycles. The van der Waals surface area contributed by atoms with Gasteiger partial charge in [0.1, 0.15) is 23.5 Å². The highest BCUT2D eigenvalue weighted by atomic mass is 19.4. The van der Waals surface area contributed by atoms with E-state index in [1.54, 1.807) is 6.08 Å². The van der Waals surface area contributed by atoms with Gasteiger partial charge in [-0.1, -0.05) is 35.9 Å². The fourth-order valence-corrected chi connectivity index (χ4v) is 5.35. The van der Waals surface area contributed by atoms with Crippen LogP contribution in [0.15, 0.2) is 48.0 Å². The number of rotatable bonds is 3. The van der Waals surface area contributed by atoms with Gasteiger partial charge in [-0.2, -0.15) is 13.2 Å². The normalized spacial score (nSPS) is 24.1. The molecule has 9 heteroatoms. The molecule has 3 aliphatic heterocycles. The lowest BCUT2D eigenvalue weighted by molar-refractivity contribution is -0.179. The highest BCUT2D eigenvalue weighted by molar-refractivity contribution is 6.01. The molecule has 2 amide bonds. The Morgan fingerprint density at radius 3 is 2.25 bits per heavy atom. The van der Waals surface area contributed by atoms with Gasteiger partial charge in [-0.25, -0.2) is 0 Å². The molecule has 1 fully saturated rings. The van der Waals surface area contributed by atoms with Crippen molar-refractivity contribution in [2.45, 2.75) is 44.9 Å². The summed E-state index contributed by atoms with van der Waals surface area (Å²) in [5.74, 6) is -2.53. The molecule has 3 unspecified atom stereocenters. The Morgan fingerprint density at radius 1 is 1.06 bits per heavy atom. The van der Waals surface area contributed by atoms with Crippen LogP contribution in [-0.4, -0.2) is 37.1 Å². The van der Waals surface area contributed by atoms with E-state index >= 15 is 0 Å². The predicted molar refractivity (Wildman–Crippen MR) is 128 cm³/mol. The van der Waals surface area contributed by atoms with Crippen LogP contribution < -0.4 is 20.7 Å². The van der Waals surface area contributed by atoms with Crippen molar-refractivity contribution in [3.05, 3.63) is 70.3 Å². The van der Waals surface area contributed by atoms with Crippen molar-refractivity contribution in [1.29, 1.82) is 0 Å². The van der Waals surface area contributed by atoms with Gasteiger partial charge in [-0.05, 0) is 56.5 Å². The number of amides is 2. The van der Waals surface area contributed by atoms with E-state index in [1.807, 2.05) is 50.2 Å². The van der Waals surface area contributed by atoms with E-state index in [4.69, 9.17) is 4.74 Å². The van der Waals surface area contributed by atoms with Crippen LogP contribution in [0.4, 0.5) is 13.2 Å². The van der Waals surface area contributed by atoms with Gasteiger partial charge in [0, 0.05) is 23.6 Å². The van der Waals surface area contributed by atoms with E-state index in [2.05, 4.69) is 16.0 Å². The quantitative estimate of drug-likeness (QED) is 0.437. The summed E-state index contributed by atoms with van der Waals surface area (Å²) < 4.78 is 47.6. The zero-order chi connectivity index (χ0) is 25.6. The Labute approximate surface area is 207 Å². The molecule has 0 aromatic heterocycles. The van der Waals surface area contributed by atoms with Crippen molar-refractivity contribution in [2.24, 2.45) is 11.8 Å². The van der Waals surface area contributed by atoms with Crippen LogP contribution in [0.25, 0.3) is 0 Å². The summed E-state index contributed by atoms with van der Waals surface area (Å²) in [5.41, 5.74) is 4.05. The van der Waals surface area contributed by atoms with Crippen molar-refractivity contribution in [1.82, 2.24) is 16.0 Å². The minimum atomic E-state index is -4.61. The van der Waals surface area contributed by atoms with Gasteiger partial charge in [0.15, 0.2) is 0 Å². The number of carbonyl (C=O) groups is 2. The van der Waals surface area contributed by atoms with Crippen LogP contribution in [0.2, 0.25) is 0 Å². The first-order chi connectivity index (χ1) is 17.1. The van der Waals surface area contributed by atoms with E-state index in [0.717, 1.165) is 22.3 Å². The minimum absolute atomic E-state index is 0.196. The van der Waals surface area contributed by atoms with Gasteiger partial charge in [-0.3, -0.25) is 9.59 Å². The summed E-state index contributed by atoms with van der Waals surface area (Å²) in [6.45, 7) is 4.89. The Morgan fingerprint density at radius 2 is 1.69 bits per heavy atom. The first kappa shape index (κ1) is 24.4. The SMILES string of the molecule is Cc1ccc2c(c1)Oc1cc(C)ccc1C2NC(=O)C1CC(C2=CCNCC2)C(C(F)(F)F)NC1=O. The summed E-state index contributed by atoms with van der Waals surface area (Å²) in [7, 11) is 0. The number of fused-ring (bicyclic) bond motifs is 2. The standard InChI is InChI=1S/C27H28F3N3O3/c1-14-3-5-17-21(11-14)36-22-12-15(2)4-6-18(22)23(17)32-25(34)20-13-19(16-7-9-31-10-8-16)24(27(28,29)30)33-26(20)35/h3-7,11-12,19-20,23-24,31H,8-10,13H2,1-2H3,(H,32,34)(H,33,35). The molecular weight excluding hydrogens is 471 g/mol. The number of halogens is 3. The number of hydrogen-bond donors (Lipinski definition) is 3. The topological polar surface area (TPSA) is 79.5 Å². The fourth-order valence-electron chi connectivity index (χ4n) is 5.35. The average Bonchev–Trinajstić information content (AvgIpc) is 2.83. The Hall–Kier alpha value is -3.33. The zero-order valence-corrected chi connectivity index (χ0v) is 20.0. The number of hydrogen-bond acceptors (Lipinski definition) is 4. The van der Waals surface area contributed by atoms with E-state index in [1.165, 1.54) is 0 Å². The van der Waals surface area contributed by atoms with E-state index in [-0.39, 0.29) is 6.42 Å². The van der Waals surface area contributed by atoms with Crippen molar-refractivity contribution in [3.63, 3.8) is 0 Å². The van der Waals surface area contributed by atoms with Crippen LogP contribution >= 0.6 is 0 Å². The smallest absolute Gasteiger partial charge is 0.409 e. The molecule has 0 aliphatic carbocycles. The van der Waals surface area contributed by atoms with Gasteiger partial charge >= 0.3 is 6.18 Å². The number of aryl methyl sites for hydroxylation is 2. The van der Waals surface area contributed by atoms with Crippen molar-refractivity contribution in [3.8, 4) is 11.5 Å². The highest BCUT2D eigenvalue weighted by Gasteiger charge is 2.52. The second-order valence-corrected chi connectivity index (χ2v) is 9.78. The molecule has 5 rings (SSSR count). The number of benzene rings is 2. The largest absolute Gasteiger partial charge is 0.457 e. The van der Waals surface area contributed by atoms with Crippen LogP contribution in [0.1, 0.15) is 41.1 Å². The third kappa shape index (κ3) is 4.59. The fraction of sp³-hybridized carbons (Fsp3) is 0.407. The maximum atomic E-state index is 13.8. The lowest BCUT2D eigenvalue weighted by Gasteiger charge is -2.39. The minimum Gasteiger partial charge on any atom is -0.457 e. The molecule has 3 atom stereocenters. The first-order valence-electron chi connectivity index (χ1n) is 12.1. The molecule has 0 bridgehead atoms. The van der Waals surface area contributed by atoms with Gasteiger partial charge in [0.25, 0.3) is 0 Å². The monoisotopic (exact) mass is 499 g/mol. The highest BCUT2D eigenvalue weighted by Crippen LogP contribution is 2.44. The van der Waals surface area contributed by atoms with E-state index in [0.29, 0.717) is 36.6 Å². The maximum absolute atomic E-state index is 13.8. The molecule has 36 heavy (non-hydrogen) atoms. The van der Waals surface area contributed by atoms with E-state index < -0.39 is 41.9 Å². The molecular formula is C27H28F3N3O3. The predicted octanol–water partition coefficient (Wildman–Crippen LogP) is 4.22. The summed E-state index contributed by atoms with van der Waals surface area (Å²) in [6, 6.07) is 8.68. The Balaban J connectivity index is 1.45. The van der Waals surface area contributed by atoms with Crippen LogP contribution in [-0.2, 0) is 9.59 Å². The Kier molecular flexibility index (Phi) is 6.28. The van der Waals surface area contributed by atoms with Crippen molar-refractivity contribution in [2.75, 3.05) is 13.1 Å². The van der Waals surface area contributed by atoms with Crippen molar-refractivity contribution >= 4 is 11.8 Å². The second kappa shape index (κ2) is 9.28. The van der Waals surface area contributed by atoms with Gasteiger partial charge < -0.3 is 20.7 Å². The van der Waals surface area contributed by atoms with Gasteiger partial charge in [0.2, 0.25) is 11.8 Å². The lowest BCUT2D eigenvalue weighted by atomic mass is 9.77. The summed E-state index contributed by atoms with van der Waals surface area (Å²) in [4.78, 5) is 26.3. The molecule has 3 N–H and O–H groups in total. The van der Waals surface area contributed by atoms with Gasteiger partial charge in [-0.15, -0.1) is 0 Å². The molecule has 190 valence electrons. The second-order valence-electron chi connectivity index (χ2n) is 9.78. The first-order valence-corrected chi connectivity index (χ1v) is 12.1. The zero-order valence-electron chi connectivity index (χ0n) is 20.0. The number of ether oxygens (including phenoxy) is 1. The molecule has 3 aliphatic rings. The molecule has 0 spiro atoms. The molecule has 3 heterocycles. The molecule has 2 aromatic rings. The summed E-state index contributed by atoms with van der Waals surface area (Å²) in [5, 5.41) is 8.16. The molecule has 0 radical (unpaired) electrons. The number of carbonyl (C=O) groups excluding carboxylic acids is 2. The maximum Gasteiger partial charge on any atom is 0.409 e. The van der Waals surface area contributed by atoms with Gasteiger partial charge in [0.05, 0.1) is 6.04 Å². The average molecular weight is 500 g/mol. The third-order valence-corrected chi connectivity index (χ3v) is 7.22. The number of alkyl halides is 3. The summed E-state index contributed by atoms with van der Waals surface area (Å²) >= 11 is 0. The van der Waals surface area contributed by atoms with E-state index in [9.17, 15) is 22.8 Å². The molecule has 2 aromatic carbocycles. The van der Waals surface area contributed by atoms with Crippen LogP contribution in [0, 0.1) is 25.7 Å². The van der Waals surface area contributed by atoms with Crippen LogP contribution in [0.5, 0.6) is 11.5 Å². The molecule has 6 nitrogen and oxygen atoms in total. The summed E-state index contributed by atoms with van der Waals surface area (Å²) in [6.07, 6.45) is -2.62. The lowest BCUT2D eigenvalue weighted by Crippen LogP contribution is -2.59. The van der Waals surface area contributed by atoms with Crippen LogP contribution in [0.3, 0.4) is 0 Å². The Bertz CT molecular complexity index is 1190. The number of piperidine rings is 1. The third-order valence-electron chi connectivity index (χ3n) is 7.22. The number of nitrogens with one attached hydrogen (secondary N) is 3. The molecule has 1 saturated heterocycles. The van der Waals surface area contributed by atoms with Crippen molar-refractivity contribution < 1.29 is 27.5 Å².